The fraction of sp³-hybridized carbons (Fsp3) is 0.269. The molecule has 0 unspecified atom stereocenters. The minimum absolute atomic E-state index is 0.128. The second-order valence-electron chi connectivity index (χ2n) is 8.24. The third-order valence-electron chi connectivity index (χ3n) is 5.94. The lowest BCUT2D eigenvalue weighted by atomic mass is 10.00. The summed E-state index contributed by atoms with van der Waals surface area (Å²) in [6.45, 7) is 11.0. The molecule has 2 heterocycles. The number of aryl methyl sites for hydroxylation is 4. The third kappa shape index (κ3) is 4.32. The van der Waals surface area contributed by atoms with E-state index in [0.29, 0.717) is 5.56 Å². The first kappa shape index (κ1) is 22.2. The highest BCUT2D eigenvalue weighted by atomic mass is 79.9. The molecule has 0 aliphatic heterocycles. The summed E-state index contributed by atoms with van der Waals surface area (Å²) in [6, 6.07) is 13.8. The summed E-state index contributed by atoms with van der Waals surface area (Å²) in [4.78, 5) is 18.3. The maximum Gasteiger partial charge on any atom is 0.252 e. The quantitative estimate of drug-likeness (QED) is 0.357. The van der Waals surface area contributed by atoms with Crippen LogP contribution in [-0.4, -0.2) is 20.7 Å². The SMILES string of the molecule is CCn1cc([C@@H](C)NC(=O)c2cc(-c3ccc(C)c(C)c3)nc3ccc(Br)cc23)c(C)n1. The molecular weight excluding hydrogens is 464 g/mol. The van der Waals surface area contributed by atoms with Gasteiger partial charge in [0, 0.05) is 33.7 Å². The van der Waals surface area contributed by atoms with Gasteiger partial charge in [0.2, 0.25) is 0 Å². The minimum Gasteiger partial charge on any atom is -0.345 e. The molecule has 0 fully saturated rings. The number of halogens is 1. The fourth-order valence-corrected chi connectivity index (χ4v) is 4.27. The lowest BCUT2D eigenvalue weighted by Crippen LogP contribution is -2.27. The van der Waals surface area contributed by atoms with Crippen LogP contribution in [0.2, 0.25) is 0 Å². The summed E-state index contributed by atoms with van der Waals surface area (Å²) < 4.78 is 2.80. The molecule has 2 aromatic heterocycles. The Labute approximate surface area is 197 Å². The maximum absolute atomic E-state index is 13.5. The minimum atomic E-state index is -0.164. The molecule has 164 valence electrons. The summed E-state index contributed by atoms with van der Waals surface area (Å²) in [5, 5.41) is 8.49. The molecule has 0 radical (unpaired) electrons. The second-order valence-corrected chi connectivity index (χ2v) is 9.15. The van der Waals surface area contributed by atoms with E-state index >= 15 is 0 Å². The van der Waals surface area contributed by atoms with Crippen molar-refractivity contribution in [2.75, 3.05) is 0 Å². The average Bonchev–Trinajstić information content (AvgIpc) is 3.15. The highest BCUT2D eigenvalue weighted by molar-refractivity contribution is 9.10. The number of fused-ring (bicyclic) bond motifs is 1. The number of hydrogen-bond acceptors (Lipinski definition) is 3. The Morgan fingerprint density at radius 2 is 1.88 bits per heavy atom. The van der Waals surface area contributed by atoms with Crippen molar-refractivity contribution >= 4 is 32.7 Å². The topological polar surface area (TPSA) is 59.8 Å². The summed E-state index contributed by atoms with van der Waals surface area (Å²) in [7, 11) is 0. The van der Waals surface area contributed by atoms with E-state index in [0.717, 1.165) is 44.4 Å². The van der Waals surface area contributed by atoms with Crippen LogP contribution in [0.25, 0.3) is 22.2 Å². The van der Waals surface area contributed by atoms with E-state index in [1.54, 1.807) is 0 Å². The predicted octanol–water partition coefficient (Wildman–Crippen LogP) is 6.30. The Hall–Kier alpha value is -2.99. The van der Waals surface area contributed by atoms with Crippen molar-refractivity contribution in [2.45, 2.75) is 47.2 Å². The average molecular weight is 491 g/mol. The summed E-state index contributed by atoms with van der Waals surface area (Å²) in [5.74, 6) is -0.128. The summed E-state index contributed by atoms with van der Waals surface area (Å²) >= 11 is 3.53. The Bertz CT molecular complexity index is 1330. The molecular formula is C26H27BrN4O. The van der Waals surface area contributed by atoms with Crippen LogP contribution in [0.3, 0.4) is 0 Å². The first-order valence-electron chi connectivity index (χ1n) is 10.8. The second kappa shape index (κ2) is 8.87. The van der Waals surface area contributed by atoms with E-state index in [2.05, 4.69) is 65.3 Å². The van der Waals surface area contributed by atoms with Crippen molar-refractivity contribution < 1.29 is 4.79 Å². The first-order valence-corrected chi connectivity index (χ1v) is 11.6. The zero-order chi connectivity index (χ0) is 23.0. The number of carbonyl (C=O) groups excluding carboxylic acids is 1. The van der Waals surface area contributed by atoms with Gasteiger partial charge in [-0.05, 0) is 76.1 Å². The van der Waals surface area contributed by atoms with Crippen molar-refractivity contribution in [1.29, 1.82) is 0 Å². The van der Waals surface area contributed by atoms with Crippen LogP contribution in [-0.2, 0) is 6.54 Å². The number of amides is 1. The van der Waals surface area contributed by atoms with Crippen molar-refractivity contribution in [3.63, 3.8) is 0 Å². The van der Waals surface area contributed by atoms with Crippen LogP contribution < -0.4 is 5.32 Å². The normalized spacial score (nSPS) is 12.2. The Kier molecular flexibility index (Phi) is 6.15. The van der Waals surface area contributed by atoms with Gasteiger partial charge in [-0.1, -0.05) is 28.1 Å². The van der Waals surface area contributed by atoms with Crippen LogP contribution in [0.1, 0.15) is 52.6 Å². The molecule has 2 aromatic carbocycles. The standard InChI is InChI=1S/C26H27BrN4O/c1-6-31-14-23(18(5)30-31)17(4)28-26(32)22-13-25(19-8-7-15(2)16(3)11-19)29-24-10-9-20(27)12-21(22)24/h7-14,17H,6H2,1-5H3,(H,28,32)/t17-/m1/s1. The van der Waals surface area contributed by atoms with Crippen LogP contribution >= 0.6 is 15.9 Å². The Balaban J connectivity index is 1.77. The fourth-order valence-electron chi connectivity index (χ4n) is 3.91. The molecule has 1 atom stereocenters. The van der Waals surface area contributed by atoms with E-state index in [9.17, 15) is 4.79 Å². The predicted molar refractivity (Wildman–Crippen MR) is 133 cm³/mol. The molecule has 5 nitrogen and oxygen atoms in total. The molecule has 0 saturated carbocycles. The largest absolute Gasteiger partial charge is 0.345 e. The van der Waals surface area contributed by atoms with Crippen molar-refractivity contribution in [1.82, 2.24) is 20.1 Å². The molecule has 1 amide bonds. The van der Waals surface area contributed by atoms with Gasteiger partial charge >= 0.3 is 0 Å². The number of nitrogens with one attached hydrogen (secondary N) is 1. The first-order chi connectivity index (χ1) is 15.3. The van der Waals surface area contributed by atoms with Crippen LogP contribution in [0, 0.1) is 20.8 Å². The Morgan fingerprint density at radius 3 is 2.56 bits per heavy atom. The molecule has 6 heteroatoms. The lowest BCUT2D eigenvalue weighted by molar-refractivity contribution is 0.0941. The van der Waals surface area contributed by atoms with Gasteiger partial charge < -0.3 is 5.32 Å². The number of benzene rings is 2. The highest BCUT2D eigenvalue weighted by Gasteiger charge is 2.19. The summed E-state index contributed by atoms with van der Waals surface area (Å²) in [6.07, 6.45) is 2.00. The van der Waals surface area contributed by atoms with Crippen molar-refractivity contribution in [2.24, 2.45) is 0 Å². The van der Waals surface area contributed by atoms with Gasteiger partial charge in [0.05, 0.1) is 28.5 Å². The number of nitrogens with zero attached hydrogens (tertiary/aromatic N) is 3. The van der Waals surface area contributed by atoms with Gasteiger partial charge in [-0.2, -0.15) is 5.10 Å². The molecule has 0 saturated heterocycles. The molecule has 0 aliphatic rings. The number of hydrogen-bond donors (Lipinski definition) is 1. The van der Waals surface area contributed by atoms with Gasteiger partial charge in [0.15, 0.2) is 0 Å². The molecule has 32 heavy (non-hydrogen) atoms. The van der Waals surface area contributed by atoms with Crippen LogP contribution in [0.5, 0.6) is 0 Å². The summed E-state index contributed by atoms with van der Waals surface area (Å²) in [5.41, 5.74) is 7.56. The monoisotopic (exact) mass is 490 g/mol. The highest BCUT2D eigenvalue weighted by Crippen LogP contribution is 2.29. The maximum atomic E-state index is 13.5. The van der Waals surface area contributed by atoms with Gasteiger partial charge in [0.1, 0.15) is 0 Å². The van der Waals surface area contributed by atoms with Gasteiger partial charge in [0.25, 0.3) is 5.91 Å². The Morgan fingerprint density at radius 1 is 1.09 bits per heavy atom. The zero-order valence-corrected chi connectivity index (χ0v) is 20.6. The van der Waals surface area contributed by atoms with Gasteiger partial charge in [-0.3, -0.25) is 9.48 Å². The van der Waals surface area contributed by atoms with E-state index in [1.165, 1.54) is 11.1 Å². The van der Waals surface area contributed by atoms with E-state index in [4.69, 9.17) is 4.98 Å². The van der Waals surface area contributed by atoms with E-state index in [-0.39, 0.29) is 11.9 Å². The third-order valence-corrected chi connectivity index (χ3v) is 6.43. The molecule has 0 spiro atoms. The number of aromatic nitrogens is 3. The van der Waals surface area contributed by atoms with Gasteiger partial charge in [-0.15, -0.1) is 0 Å². The lowest BCUT2D eigenvalue weighted by Gasteiger charge is -2.16. The van der Waals surface area contributed by atoms with E-state index < -0.39 is 0 Å². The number of carbonyl (C=O) groups is 1. The van der Waals surface area contributed by atoms with Crippen LogP contribution in [0.4, 0.5) is 0 Å². The van der Waals surface area contributed by atoms with Crippen LogP contribution in [0.15, 0.2) is 53.1 Å². The van der Waals surface area contributed by atoms with Crippen molar-refractivity contribution in [3.8, 4) is 11.3 Å². The molecule has 0 aliphatic carbocycles. The number of pyridine rings is 1. The number of rotatable bonds is 5. The molecule has 0 bridgehead atoms. The van der Waals surface area contributed by atoms with E-state index in [1.807, 2.05) is 49.0 Å². The smallest absolute Gasteiger partial charge is 0.252 e. The molecule has 1 N–H and O–H groups in total. The van der Waals surface area contributed by atoms with Crippen molar-refractivity contribution in [3.05, 3.63) is 81.1 Å². The molecule has 4 aromatic rings. The zero-order valence-electron chi connectivity index (χ0n) is 19.0. The van der Waals surface area contributed by atoms with Gasteiger partial charge in [-0.25, -0.2) is 4.98 Å². The molecule has 4 rings (SSSR count).